The summed E-state index contributed by atoms with van der Waals surface area (Å²) in [5.74, 6) is 0.901. The predicted octanol–water partition coefficient (Wildman–Crippen LogP) is 1.83. The van der Waals surface area contributed by atoms with Gasteiger partial charge in [-0.25, -0.2) is 0 Å². The van der Waals surface area contributed by atoms with Gasteiger partial charge < -0.3 is 19.3 Å². The Morgan fingerprint density at radius 1 is 1.26 bits per heavy atom. The van der Waals surface area contributed by atoms with Crippen LogP contribution in [0.4, 0.5) is 5.69 Å². The van der Waals surface area contributed by atoms with Crippen molar-refractivity contribution in [1.29, 1.82) is 5.26 Å². The van der Waals surface area contributed by atoms with Crippen LogP contribution >= 0.6 is 0 Å². The van der Waals surface area contributed by atoms with Gasteiger partial charge in [0.05, 0.1) is 33.0 Å². The molecule has 0 saturated carbocycles. The molecule has 9 heteroatoms. The molecular formula is C22H26N4O5. The fraction of sp³-hybridized carbons (Fsp3) is 0.409. The highest BCUT2D eigenvalue weighted by atomic mass is 16.5. The van der Waals surface area contributed by atoms with Gasteiger partial charge in [0.1, 0.15) is 28.8 Å². The van der Waals surface area contributed by atoms with Gasteiger partial charge in [0.15, 0.2) is 0 Å². The van der Waals surface area contributed by atoms with E-state index in [0.717, 1.165) is 13.1 Å². The highest BCUT2D eigenvalue weighted by Gasteiger charge is 2.19. The molecule has 1 aromatic carbocycles. The zero-order valence-electron chi connectivity index (χ0n) is 17.9. The van der Waals surface area contributed by atoms with Crippen LogP contribution in [-0.2, 0) is 11.3 Å². The molecule has 164 valence electrons. The minimum atomic E-state index is -0.509. The summed E-state index contributed by atoms with van der Waals surface area (Å²) < 4.78 is 17.1. The number of aromatic hydroxyl groups is 1. The molecule has 1 aliphatic rings. The Morgan fingerprint density at radius 2 is 2.00 bits per heavy atom. The molecule has 2 heterocycles. The standard InChI is InChI=1S/C22H26N4O5/c1-15-17(13-23)21(27)26(7-6-25-8-10-31-11-9-25)22(28)18(15)14-24-19-5-4-16(29-2)12-20(19)30-3/h4-5,12,14,28H,6-11H2,1-3H3. The predicted molar refractivity (Wildman–Crippen MR) is 116 cm³/mol. The molecule has 0 amide bonds. The summed E-state index contributed by atoms with van der Waals surface area (Å²) in [5.41, 5.74) is 0.694. The first kappa shape index (κ1) is 22.3. The second-order valence-corrected chi connectivity index (χ2v) is 7.06. The molecule has 3 rings (SSSR count). The fourth-order valence-electron chi connectivity index (χ4n) is 3.42. The SMILES string of the molecule is COc1ccc(N=Cc2c(C)c(C#N)c(=O)n(CCN3CCOCC3)c2O)c(OC)c1. The maximum absolute atomic E-state index is 12.8. The van der Waals surface area contributed by atoms with Crippen LogP contribution in [0, 0.1) is 18.3 Å². The van der Waals surface area contributed by atoms with Gasteiger partial charge in [-0.2, -0.15) is 5.26 Å². The number of hydrogen-bond donors (Lipinski definition) is 1. The number of methoxy groups -OCH3 is 2. The first-order valence-corrected chi connectivity index (χ1v) is 9.92. The molecule has 1 N–H and O–H groups in total. The van der Waals surface area contributed by atoms with Crippen molar-refractivity contribution in [1.82, 2.24) is 9.47 Å². The molecule has 1 fully saturated rings. The van der Waals surface area contributed by atoms with Crippen LogP contribution in [0.5, 0.6) is 17.4 Å². The van der Waals surface area contributed by atoms with E-state index in [1.165, 1.54) is 17.9 Å². The smallest absolute Gasteiger partial charge is 0.271 e. The summed E-state index contributed by atoms with van der Waals surface area (Å²) in [6, 6.07) is 7.13. The topological polar surface area (TPSA) is 109 Å². The van der Waals surface area contributed by atoms with Crippen LogP contribution in [0.1, 0.15) is 16.7 Å². The number of morpholine rings is 1. The van der Waals surface area contributed by atoms with E-state index in [-0.39, 0.29) is 18.0 Å². The first-order chi connectivity index (χ1) is 15.0. The van der Waals surface area contributed by atoms with Gasteiger partial charge in [-0.1, -0.05) is 0 Å². The minimum absolute atomic E-state index is 0.0112. The molecular weight excluding hydrogens is 400 g/mol. The van der Waals surface area contributed by atoms with Crippen LogP contribution in [-0.4, -0.2) is 67.9 Å². The Labute approximate surface area is 180 Å². The molecule has 0 radical (unpaired) electrons. The van der Waals surface area contributed by atoms with Crippen molar-refractivity contribution in [2.75, 3.05) is 47.1 Å². The summed E-state index contributed by atoms with van der Waals surface area (Å²) in [6.45, 7) is 5.24. The summed E-state index contributed by atoms with van der Waals surface area (Å²) in [5, 5.41) is 20.4. The molecule has 2 aromatic rings. The molecule has 0 bridgehead atoms. The van der Waals surface area contributed by atoms with Crippen molar-refractivity contribution in [2.24, 2.45) is 4.99 Å². The fourth-order valence-corrected chi connectivity index (χ4v) is 3.42. The van der Waals surface area contributed by atoms with Crippen LogP contribution in [0.2, 0.25) is 0 Å². The molecule has 1 aromatic heterocycles. The summed E-state index contributed by atoms with van der Waals surface area (Å²) in [4.78, 5) is 19.3. The number of aliphatic imine (C=N–C) groups is 1. The Kier molecular flexibility index (Phi) is 7.28. The van der Waals surface area contributed by atoms with Gasteiger partial charge in [0.2, 0.25) is 5.88 Å². The van der Waals surface area contributed by atoms with Crippen LogP contribution in [0.25, 0.3) is 0 Å². The quantitative estimate of drug-likeness (QED) is 0.673. The Bertz CT molecular complexity index is 1070. The Balaban J connectivity index is 1.97. The van der Waals surface area contributed by atoms with Crippen molar-refractivity contribution in [3.8, 4) is 23.4 Å². The van der Waals surface area contributed by atoms with Gasteiger partial charge in [0.25, 0.3) is 5.56 Å². The number of hydrogen-bond acceptors (Lipinski definition) is 8. The van der Waals surface area contributed by atoms with E-state index in [4.69, 9.17) is 14.2 Å². The number of rotatable bonds is 7. The van der Waals surface area contributed by atoms with Crippen molar-refractivity contribution in [3.05, 3.63) is 45.2 Å². The number of nitriles is 1. The average Bonchev–Trinajstić information content (AvgIpc) is 2.79. The van der Waals surface area contributed by atoms with E-state index in [1.54, 1.807) is 32.2 Å². The van der Waals surface area contributed by atoms with Crippen molar-refractivity contribution in [2.45, 2.75) is 13.5 Å². The normalized spacial score (nSPS) is 14.5. The third-order valence-corrected chi connectivity index (χ3v) is 5.31. The maximum atomic E-state index is 12.8. The van der Waals surface area contributed by atoms with Gasteiger partial charge >= 0.3 is 0 Å². The van der Waals surface area contributed by atoms with Crippen LogP contribution < -0.4 is 15.0 Å². The van der Waals surface area contributed by atoms with Crippen molar-refractivity contribution < 1.29 is 19.3 Å². The first-order valence-electron chi connectivity index (χ1n) is 9.92. The van der Waals surface area contributed by atoms with E-state index < -0.39 is 5.56 Å². The number of pyridine rings is 1. The molecule has 1 aliphatic heterocycles. The molecule has 9 nitrogen and oxygen atoms in total. The molecule has 31 heavy (non-hydrogen) atoms. The highest BCUT2D eigenvalue weighted by molar-refractivity contribution is 5.88. The van der Waals surface area contributed by atoms with Crippen LogP contribution in [0.15, 0.2) is 28.0 Å². The molecule has 1 saturated heterocycles. The van der Waals surface area contributed by atoms with Crippen molar-refractivity contribution in [3.63, 3.8) is 0 Å². The second-order valence-electron chi connectivity index (χ2n) is 7.06. The molecule has 0 spiro atoms. The number of benzene rings is 1. The summed E-state index contributed by atoms with van der Waals surface area (Å²) >= 11 is 0. The van der Waals surface area contributed by atoms with Gasteiger partial charge in [-0.15, -0.1) is 0 Å². The molecule has 0 unspecified atom stereocenters. The monoisotopic (exact) mass is 426 g/mol. The minimum Gasteiger partial charge on any atom is -0.497 e. The zero-order valence-corrected chi connectivity index (χ0v) is 17.9. The largest absolute Gasteiger partial charge is 0.497 e. The van der Waals surface area contributed by atoms with E-state index in [0.29, 0.717) is 48.1 Å². The Hall–Kier alpha value is -3.35. The van der Waals surface area contributed by atoms with E-state index in [2.05, 4.69) is 9.89 Å². The lowest BCUT2D eigenvalue weighted by molar-refractivity contribution is 0.0360. The third kappa shape index (κ3) is 4.87. The van der Waals surface area contributed by atoms with Crippen LogP contribution in [0.3, 0.4) is 0 Å². The van der Waals surface area contributed by atoms with E-state index >= 15 is 0 Å². The summed E-state index contributed by atoms with van der Waals surface area (Å²) in [6.07, 6.45) is 1.44. The Morgan fingerprint density at radius 3 is 2.65 bits per heavy atom. The molecule has 0 atom stereocenters. The zero-order chi connectivity index (χ0) is 22.4. The lowest BCUT2D eigenvalue weighted by Gasteiger charge is -2.27. The highest BCUT2D eigenvalue weighted by Crippen LogP contribution is 2.32. The second kappa shape index (κ2) is 10.1. The van der Waals surface area contributed by atoms with Gasteiger partial charge in [0, 0.05) is 38.5 Å². The lowest BCUT2D eigenvalue weighted by atomic mass is 10.1. The number of nitrogens with zero attached hydrogens (tertiary/aromatic N) is 4. The number of aromatic nitrogens is 1. The van der Waals surface area contributed by atoms with E-state index in [1.807, 2.05) is 6.07 Å². The van der Waals surface area contributed by atoms with Gasteiger partial charge in [-0.3, -0.25) is 19.3 Å². The number of ether oxygens (including phenoxy) is 3. The molecule has 0 aliphatic carbocycles. The lowest BCUT2D eigenvalue weighted by Crippen LogP contribution is -2.39. The van der Waals surface area contributed by atoms with E-state index in [9.17, 15) is 15.2 Å². The van der Waals surface area contributed by atoms with Gasteiger partial charge in [-0.05, 0) is 24.6 Å². The third-order valence-electron chi connectivity index (χ3n) is 5.31. The summed E-state index contributed by atoms with van der Waals surface area (Å²) in [7, 11) is 3.08. The average molecular weight is 426 g/mol. The van der Waals surface area contributed by atoms with Crippen molar-refractivity contribution >= 4 is 11.9 Å². The maximum Gasteiger partial charge on any atom is 0.271 e.